The van der Waals surface area contributed by atoms with Crippen LogP contribution in [-0.4, -0.2) is 4.98 Å². The lowest BCUT2D eigenvalue weighted by Gasteiger charge is -2.03. The van der Waals surface area contributed by atoms with Crippen molar-refractivity contribution < 1.29 is 0 Å². The van der Waals surface area contributed by atoms with Crippen molar-refractivity contribution in [2.45, 2.75) is 44.4 Å². The number of aromatic nitrogens is 1. The first-order valence-corrected chi connectivity index (χ1v) is 10.3. The summed E-state index contributed by atoms with van der Waals surface area (Å²) in [4.78, 5) is 7.31. The maximum Gasteiger partial charge on any atom is 0.0907 e. The summed E-state index contributed by atoms with van der Waals surface area (Å²) in [5, 5.41) is 1.16. The minimum atomic E-state index is 1.16. The molecule has 0 saturated carbocycles. The van der Waals surface area contributed by atoms with Gasteiger partial charge >= 0.3 is 0 Å². The van der Waals surface area contributed by atoms with E-state index in [2.05, 4.69) is 70.4 Å². The van der Waals surface area contributed by atoms with Gasteiger partial charge in [0.05, 0.1) is 15.2 Å². The van der Waals surface area contributed by atoms with Gasteiger partial charge in [0, 0.05) is 14.0 Å². The molecule has 124 valence electrons. The van der Waals surface area contributed by atoms with Crippen molar-refractivity contribution in [1.29, 1.82) is 0 Å². The number of hydrogen-bond acceptors (Lipinski definition) is 4. The van der Waals surface area contributed by atoms with E-state index in [1.807, 2.05) is 0 Å². The van der Waals surface area contributed by atoms with Gasteiger partial charge in [0.25, 0.3) is 0 Å². The van der Waals surface area contributed by atoms with Gasteiger partial charge in [-0.25, -0.2) is 4.98 Å². The van der Waals surface area contributed by atoms with Gasteiger partial charge in [0.15, 0.2) is 0 Å². The van der Waals surface area contributed by atoms with Crippen LogP contribution >= 0.6 is 34.9 Å². The van der Waals surface area contributed by atoms with Crippen LogP contribution in [0.5, 0.6) is 0 Å². The summed E-state index contributed by atoms with van der Waals surface area (Å²) >= 11 is 5.38. The molecule has 0 fully saturated rings. The van der Waals surface area contributed by atoms with Crippen LogP contribution in [0.2, 0.25) is 0 Å². The van der Waals surface area contributed by atoms with E-state index in [9.17, 15) is 0 Å². The van der Waals surface area contributed by atoms with Gasteiger partial charge in [0.1, 0.15) is 0 Å². The zero-order chi connectivity index (χ0) is 17.4. The van der Waals surface area contributed by atoms with Crippen molar-refractivity contribution >= 4 is 45.1 Å². The molecule has 3 aromatic rings. The average molecular weight is 372 g/mol. The fourth-order valence-corrected chi connectivity index (χ4v) is 5.93. The fraction of sp³-hybridized carbons (Fsp3) is 0.250. The molecule has 0 amide bonds. The van der Waals surface area contributed by atoms with E-state index >= 15 is 0 Å². The van der Waals surface area contributed by atoms with Crippen molar-refractivity contribution in [3.63, 3.8) is 0 Å². The quantitative estimate of drug-likeness (QED) is 0.415. The molecule has 0 saturated heterocycles. The van der Waals surface area contributed by atoms with Crippen molar-refractivity contribution in [3.05, 3.63) is 62.3 Å². The molecule has 0 aliphatic carbocycles. The standard InChI is InChI=1S/C10H11NS.C10H10S2/c2*1-6-4-5-7(2)10-9(6)11-8(3)12-10/h4-5H,1-3H3;4-5H,3H2,1-2H3. The van der Waals surface area contributed by atoms with Crippen LogP contribution in [-0.2, 0) is 0 Å². The van der Waals surface area contributed by atoms with E-state index in [4.69, 9.17) is 0 Å². The van der Waals surface area contributed by atoms with Gasteiger partial charge in [-0.3, -0.25) is 0 Å². The Hall–Kier alpha value is -1.23. The van der Waals surface area contributed by atoms with Gasteiger partial charge < -0.3 is 0 Å². The summed E-state index contributed by atoms with van der Waals surface area (Å²) < 4.78 is 2.54. The van der Waals surface area contributed by atoms with Crippen molar-refractivity contribution in [3.8, 4) is 0 Å². The van der Waals surface area contributed by atoms with Crippen molar-refractivity contribution in [1.82, 2.24) is 4.98 Å². The number of benzene rings is 2. The zero-order valence-electron chi connectivity index (χ0n) is 14.7. The number of thiazole rings is 1. The molecule has 0 atom stereocenters. The molecule has 2 heterocycles. The van der Waals surface area contributed by atoms with E-state index < -0.39 is 0 Å². The molecular weight excluding hydrogens is 350 g/mol. The summed E-state index contributed by atoms with van der Waals surface area (Å²) in [6.45, 7) is 14.6. The molecule has 0 spiro atoms. The Balaban J connectivity index is 0.000000141. The van der Waals surface area contributed by atoms with Gasteiger partial charge in [-0.15, -0.1) is 11.3 Å². The number of aryl methyl sites for hydroxylation is 5. The van der Waals surface area contributed by atoms with E-state index in [1.165, 1.54) is 46.5 Å². The van der Waals surface area contributed by atoms with Crippen LogP contribution in [0, 0.1) is 34.6 Å². The SMILES string of the molecule is C=C1Sc2c(C)ccc(C)c2S1.Cc1nc2c(C)ccc(C)c2s1. The summed E-state index contributed by atoms with van der Waals surface area (Å²) in [6, 6.07) is 8.66. The average Bonchev–Trinajstić information content (AvgIpc) is 3.12. The third-order valence-corrected chi connectivity index (χ3v) is 7.64. The Morgan fingerprint density at radius 3 is 1.79 bits per heavy atom. The predicted octanol–water partition coefficient (Wildman–Crippen LogP) is 7.19. The Morgan fingerprint density at radius 1 is 0.750 bits per heavy atom. The van der Waals surface area contributed by atoms with E-state index in [1.54, 1.807) is 34.9 Å². The second kappa shape index (κ2) is 6.95. The zero-order valence-corrected chi connectivity index (χ0v) is 17.1. The number of hydrogen-bond donors (Lipinski definition) is 0. The predicted molar refractivity (Wildman–Crippen MR) is 111 cm³/mol. The molecule has 0 N–H and O–H groups in total. The highest BCUT2D eigenvalue weighted by Gasteiger charge is 2.19. The molecule has 0 radical (unpaired) electrons. The van der Waals surface area contributed by atoms with Crippen molar-refractivity contribution in [2.24, 2.45) is 0 Å². The lowest BCUT2D eigenvalue weighted by molar-refractivity contribution is 1.13. The lowest BCUT2D eigenvalue weighted by Crippen LogP contribution is -1.82. The Bertz CT molecular complexity index is 866. The topological polar surface area (TPSA) is 12.9 Å². The van der Waals surface area contributed by atoms with Crippen LogP contribution in [0.4, 0.5) is 0 Å². The highest BCUT2D eigenvalue weighted by Crippen LogP contribution is 2.52. The second-order valence-electron chi connectivity index (χ2n) is 6.04. The Labute approximate surface area is 156 Å². The van der Waals surface area contributed by atoms with Gasteiger partial charge in [-0.05, 0) is 56.9 Å². The molecule has 0 unspecified atom stereocenters. The molecule has 2 aromatic carbocycles. The number of fused-ring (bicyclic) bond motifs is 2. The molecule has 1 nitrogen and oxygen atoms in total. The summed E-state index contributed by atoms with van der Waals surface area (Å²) in [5.41, 5.74) is 6.53. The summed E-state index contributed by atoms with van der Waals surface area (Å²) in [5.74, 6) is 0. The molecule has 4 rings (SSSR count). The largest absolute Gasteiger partial charge is 0.241 e. The van der Waals surface area contributed by atoms with Crippen LogP contribution < -0.4 is 0 Å². The first-order chi connectivity index (χ1) is 11.4. The first-order valence-electron chi connectivity index (χ1n) is 7.85. The van der Waals surface area contributed by atoms with Gasteiger partial charge in [-0.1, -0.05) is 54.4 Å². The normalized spacial score (nSPS) is 13.0. The summed E-state index contributed by atoms with van der Waals surface area (Å²) in [7, 11) is 0. The lowest BCUT2D eigenvalue weighted by atomic mass is 10.1. The maximum atomic E-state index is 4.49. The monoisotopic (exact) mass is 371 g/mol. The number of nitrogens with zero attached hydrogens (tertiary/aromatic N) is 1. The molecule has 1 aliphatic heterocycles. The van der Waals surface area contributed by atoms with Gasteiger partial charge in [0.2, 0.25) is 0 Å². The van der Waals surface area contributed by atoms with Crippen molar-refractivity contribution in [2.75, 3.05) is 0 Å². The molecule has 4 heteroatoms. The fourth-order valence-electron chi connectivity index (χ4n) is 2.63. The Kier molecular flexibility index (Phi) is 5.09. The molecular formula is C20H21NS3. The first kappa shape index (κ1) is 17.6. The molecule has 0 bridgehead atoms. The molecule has 1 aliphatic rings. The van der Waals surface area contributed by atoms with Crippen LogP contribution in [0.25, 0.3) is 10.2 Å². The van der Waals surface area contributed by atoms with E-state index in [-0.39, 0.29) is 0 Å². The van der Waals surface area contributed by atoms with Crippen LogP contribution in [0.15, 0.2) is 44.9 Å². The van der Waals surface area contributed by atoms with Gasteiger partial charge in [-0.2, -0.15) is 0 Å². The minimum Gasteiger partial charge on any atom is -0.241 e. The summed E-state index contributed by atoms with van der Waals surface area (Å²) in [6.07, 6.45) is 0. The highest BCUT2D eigenvalue weighted by atomic mass is 32.2. The smallest absolute Gasteiger partial charge is 0.0907 e. The third-order valence-electron chi connectivity index (χ3n) is 3.99. The number of thioether (sulfide) groups is 2. The number of rotatable bonds is 0. The second-order valence-corrected chi connectivity index (χ2v) is 9.72. The third kappa shape index (κ3) is 3.41. The van der Waals surface area contributed by atoms with Crippen LogP contribution in [0.3, 0.4) is 0 Å². The molecule has 24 heavy (non-hydrogen) atoms. The highest BCUT2D eigenvalue weighted by molar-refractivity contribution is 8.24. The van der Waals surface area contributed by atoms with Crippen LogP contribution in [0.1, 0.15) is 27.3 Å². The Morgan fingerprint density at radius 2 is 1.25 bits per heavy atom. The minimum absolute atomic E-state index is 1.16. The molecule has 1 aromatic heterocycles. The maximum absolute atomic E-state index is 4.49. The van der Waals surface area contributed by atoms with E-state index in [0.717, 1.165) is 5.01 Å². The van der Waals surface area contributed by atoms with E-state index in [0.29, 0.717) is 0 Å².